The summed E-state index contributed by atoms with van der Waals surface area (Å²) in [6.07, 6.45) is 0. The van der Waals surface area contributed by atoms with Crippen LogP contribution in [0.3, 0.4) is 0 Å². The fraction of sp³-hybridized carbons (Fsp3) is 0.458. The second kappa shape index (κ2) is 10.9. The molecule has 1 aliphatic heterocycles. The number of pyridine rings is 1. The fourth-order valence-electron chi connectivity index (χ4n) is 4.11. The number of sulfonamides is 1. The quantitative estimate of drug-likeness (QED) is 0.474. The number of aromatic nitrogens is 1. The van der Waals surface area contributed by atoms with Gasteiger partial charge in [0, 0.05) is 18.8 Å². The van der Waals surface area contributed by atoms with Crippen molar-refractivity contribution in [3.05, 3.63) is 53.2 Å². The predicted molar refractivity (Wildman–Crippen MR) is 128 cm³/mol. The van der Waals surface area contributed by atoms with Crippen molar-refractivity contribution in [2.45, 2.75) is 45.6 Å². The number of anilines is 1. The molecule has 0 unspecified atom stereocenters. The number of carbonyl (C=O) groups excluding carboxylic acids is 2. The van der Waals surface area contributed by atoms with Gasteiger partial charge in [0.05, 0.1) is 6.61 Å². The number of aryl methyl sites for hydroxylation is 1. The number of amides is 1. The van der Waals surface area contributed by atoms with E-state index in [9.17, 15) is 26.8 Å². The molecule has 0 bridgehead atoms. The van der Waals surface area contributed by atoms with Gasteiger partial charge in [-0.25, -0.2) is 13.4 Å². The summed E-state index contributed by atoms with van der Waals surface area (Å²) in [7, 11) is -4.05. The number of nitrogens with zero attached hydrogens (tertiary/aromatic N) is 2. The van der Waals surface area contributed by atoms with Crippen molar-refractivity contribution >= 4 is 27.6 Å². The summed E-state index contributed by atoms with van der Waals surface area (Å²) in [5, 5.41) is 2.61. The predicted octanol–water partition coefficient (Wildman–Crippen LogP) is 3.20. The van der Waals surface area contributed by atoms with Crippen LogP contribution in [0.2, 0.25) is 0 Å². The molecule has 1 saturated heterocycles. The zero-order valence-electron chi connectivity index (χ0n) is 20.5. The number of hydrogen-bond acceptors (Lipinski definition) is 7. The van der Waals surface area contributed by atoms with Gasteiger partial charge in [-0.1, -0.05) is 38.1 Å². The lowest BCUT2D eigenvalue weighted by Gasteiger charge is -2.48. The molecule has 1 aromatic heterocycles. The van der Waals surface area contributed by atoms with E-state index < -0.39 is 45.6 Å². The molecule has 1 aromatic carbocycles. The number of esters is 1. The standard InChI is InChI=1S/C24H29F2N3O6S/c1-5-34-20(30)12-36(32,33)29-13-24(14-29,18-9-7-6-8-17(18)15(2)3)22(31)28-19-11-10-16(4)27-21(19)35-23(25)26/h6-11,15,23H,5,12-14H2,1-4H3,(H,28,31). The average molecular weight is 526 g/mol. The number of nitrogens with one attached hydrogen (secondary N) is 1. The summed E-state index contributed by atoms with van der Waals surface area (Å²) in [6.45, 7) is 3.44. The molecule has 0 spiro atoms. The monoisotopic (exact) mass is 525 g/mol. The van der Waals surface area contributed by atoms with E-state index in [0.717, 1.165) is 9.87 Å². The molecule has 1 amide bonds. The Bertz CT molecular complexity index is 1230. The van der Waals surface area contributed by atoms with Crippen molar-refractivity contribution in [2.75, 3.05) is 30.8 Å². The maximum Gasteiger partial charge on any atom is 0.388 e. The lowest BCUT2D eigenvalue weighted by molar-refractivity contribution is -0.140. The van der Waals surface area contributed by atoms with Crippen molar-refractivity contribution in [1.29, 1.82) is 0 Å². The molecular weight excluding hydrogens is 496 g/mol. The maximum atomic E-state index is 13.7. The Balaban J connectivity index is 1.98. The minimum atomic E-state index is -4.05. The Morgan fingerprint density at radius 1 is 1.17 bits per heavy atom. The van der Waals surface area contributed by atoms with E-state index in [4.69, 9.17) is 4.74 Å². The van der Waals surface area contributed by atoms with Crippen LogP contribution in [0, 0.1) is 6.92 Å². The van der Waals surface area contributed by atoms with Crippen LogP contribution in [0.5, 0.6) is 5.88 Å². The number of rotatable bonds is 10. The number of halogens is 2. The molecule has 3 rings (SSSR count). The van der Waals surface area contributed by atoms with Crippen molar-refractivity contribution in [2.24, 2.45) is 0 Å². The first-order valence-electron chi connectivity index (χ1n) is 11.4. The van der Waals surface area contributed by atoms with Gasteiger partial charge in [-0.2, -0.15) is 13.1 Å². The summed E-state index contributed by atoms with van der Waals surface area (Å²) in [6, 6.07) is 10.1. The lowest BCUT2D eigenvalue weighted by Crippen LogP contribution is -2.67. The summed E-state index contributed by atoms with van der Waals surface area (Å²) in [4.78, 5) is 29.5. The van der Waals surface area contributed by atoms with E-state index in [1.54, 1.807) is 26.0 Å². The van der Waals surface area contributed by atoms with Gasteiger partial charge in [0.15, 0.2) is 5.75 Å². The highest BCUT2D eigenvalue weighted by molar-refractivity contribution is 7.89. The van der Waals surface area contributed by atoms with Gasteiger partial charge in [0.2, 0.25) is 21.8 Å². The zero-order chi connectivity index (χ0) is 26.7. The molecule has 9 nitrogen and oxygen atoms in total. The summed E-state index contributed by atoms with van der Waals surface area (Å²) >= 11 is 0. The largest absolute Gasteiger partial charge is 0.465 e. The van der Waals surface area contributed by atoms with E-state index in [1.165, 1.54) is 12.1 Å². The lowest BCUT2D eigenvalue weighted by atomic mass is 9.71. The van der Waals surface area contributed by atoms with Crippen LogP contribution in [0.4, 0.5) is 14.5 Å². The van der Waals surface area contributed by atoms with Crippen LogP contribution >= 0.6 is 0 Å². The Labute approximate surface area is 208 Å². The minimum absolute atomic E-state index is 0.00911. The first kappa shape index (κ1) is 27.5. The third-order valence-electron chi connectivity index (χ3n) is 5.87. The van der Waals surface area contributed by atoms with Gasteiger partial charge in [0.1, 0.15) is 11.1 Å². The molecule has 1 fully saturated rings. The van der Waals surface area contributed by atoms with Crippen LogP contribution in [-0.4, -0.2) is 61.6 Å². The highest BCUT2D eigenvalue weighted by atomic mass is 32.2. The molecule has 12 heteroatoms. The van der Waals surface area contributed by atoms with Gasteiger partial charge in [0.25, 0.3) is 0 Å². The van der Waals surface area contributed by atoms with Crippen LogP contribution < -0.4 is 10.1 Å². The minimum Gasteiger partial charge on any atom is -0.465 e. The number of hydrogen-bond donors (Lipinski definition) is 1. The Morgan fingerprint density at radius 3 is 2.44 bits per heavy atom. The number of ether oxygens (including phenoxy) is 2. The van der Waals surface area contributed by atoms with E-state index in [1.807, 2.05) is 26.0 Å². The molecule has 2 aromatic rings. The SMILES string of the molecule is CCOC(=O)CS(=O)(=O)N1CC(C(=O)Nc2ccc(C)nc2OC(F)F)(c2ccccc2C(C)C)C1. The molecule has 1 N–H and O–H groups in total. The van der Waals surface area contributed by atoms with Crippen LogP contribution in [0.1, 0.15) is 43.5 Å². The van der Waals surface area contributed by atoms with Crippen molar-refractivity contribution in [1.82, 2.24) is 9.29 Å². The van der Waals surface area contributed by atoms with Gasteiger partial charge < -0.3 is 14.8 Å². The summed E-state index contributed by atoms with van der Waals surface area (Å²) in [5.74, 6) is -2.78. The van der Waals surface area contributed by atoms with Crippen molar-refractivity contribution in [3.63, 3.8) is 0 Å². The molecule has 0 saturated carbocycles. The molecule has 196 valence electrons. The van der Waals surface area contributed by atoms with Gasteiger partial charge >= 0.3 is 12.6 Å². The van der Waals surface area contributed by atoms with Gasteiger partial charge in [-0.15, -0.1) is 0 Å². The van der Waals surface area contributed by atoms with Crippen LogP contribution in [0.25, 0.3) is 0 Å². The Hall–Kier alpha value is -3.12. The van der Waals surface area contributed by atoms with Gasteiger partial charge in [-0.05, 0) is 43.0 Å². The van der Waals surface area contributed by atoms with Crippen LogP contribution in [0.15, 0.2) is 36.4 Å². The summed E-state index contributed by atoms with van der Waals surface area (Å²) in [5.41, 5.74) is 0.441. The molecular formula is C24H29F2N3O6S. The number of alkyl halides is 2. The smallest absolute Gasteiger partial charge is 0.388 e. The third-order valence-corrected chi connectivity index (χ3v) is 7.52. The molecule has 1 aliphatic rings. The second-order valence-corrected chi connectivity index (χ2v) is 10.8. The molecule has 0 radical (unpaired) electrons. The maximum absolute atomic E-state index is 13.7. The summed E-state index contributed by atoms with van der Waals surface area (Å²) < 4.78 is 61.8. The molecule has 2 heterocycles. The number of benzene rings is 1. The molecule has 36 heavy (non-hydrogen) atoms. The van der Waals surface area contributed by atoms with E-state index >= 15 is 0 Å². The first-order valence-corrected chi connectivity index (χ1v) is 13.0. The Morgan fingerprint density at radius 2 is 1.83 bits per heavy atom. The van der Waals surface area contributed by atoms with Crippen molar-refractivity contribution in [3.8, 4) is 5.88 Å². The van der Waals surface area contributed by atoms with E-state index in [2.05, 4.69) is 15.0 Å². The van der Waals surface area contributed by atoms with Crippen molar-refractivity contribution < 1.29 is 36.3 Å². The Kier molecular flexibility index (Phi) is 8.29. The third kappa shape index (κ3) is 5.81. The van der Waals surface area contributed by atoms with Crippen LogP contribution in [-0.2, 0) is 29.8 Å². The van der Waals surface area contributed by atoms with E-state index in [0.29, 0.717) is 11.3 Å². The normalized spacial score (nSPS) is 15.4. The van der Waals surface area contributed by atoms with E-state index in [-0.39, 0.29) is 31.3 Å². The highest BCUT2D eigenvalue weighted by Gasteiger charge is 2.55. The zero-order valence-corrected chi connectivity index (χ0v) is 21.3. The topological polar surface area (TPSA) is 115 Å². The van der Waals surface area contributed by atoms with Gasteiger partial charge in [-0.3, -0.25) is 9.59 Å². The average Bonchev–Trinajstić information content (AvgIpc) is 2.74. The fourth-order valence-corrected chi connectivity index (χ4v) is 5.51. The first-order chi connectivity index (χ1) is 16.9. The second-order valence-electron chi connectivity index (χ2n) is 8.79. The molecule has 0 atom stereocenters. The molecule has 0 aliphatic carbocycles. The number of carbonyl (C=O) groups is 2. The highest BCUT2D eigenvalue weighted by Crippen LogP contribution is 2.41.